The first-order chi connectivity index (χ1) is 8.62. The van der Waals surface area contributed by atoms with Crippen LogP contribution in [0, 0.1) is 5.92 Å². The molecule has 1 aromatic rings. The van der Waals surface area contributed by atoms with Gasteiger partial charge in [-0.05, 0) is 30.5 Å². The van der Waals surface area contributed by atoms with Gasteiger partial charge in [-0.25, -0.2) is 0 Å². The molecule has 0 saturated carbocycles. The van der Waals surface area contributed by atoms with Crippen LogP contribution in [0.1, 0.15) is 12.0 Å². The van der Waals surface area contributed by atoms with E-state index in [0.29, 0.717) is 24.3 Å². The summed E-state index contributed by atoms with van der Waals surface area (Å²) in [5.74, 6) is 0.766. The molecule has 0 saturated heterocycles. The predicted molar refractivity (Wildman–Crippen MR) is 70.7 cm³/mol. The Morgan fingerprint density at radius 2 is 2.06 bits per heavy atom. The van der Waals surface area contributed by atoms with Gasteiger partial charge in [0.05, 0.1) is 14.2 Å². The van der Waals surface area contributed by atoms with Gasteiger partial charge in [-0.15, -0.1) is 6.58 Å². The third-order valence-electron chi connectivity index (χ3n) is 2.78. The van der Waals surface area contributed by atoms with Gasteiger partial charge in [-0.1, -0.05) is 12.1 Å². The Hall–Kier alpha value is -1.97. The average Bonchev–Trinajstić information content (AvgIpc) is 2.37. The van der Waals surface area contributed by atoms with Gasteiger partial charge < -0.3 is 15.2 Å². The number of primary amides is 1. The van der Waals surface area contributed by atoms with Crippen LogP contribution >= 0.6 is 0 Å². The van der Waals surface area contributed by atoms with Crippen molar-refractivity contribution < 1.29 is 14.3 Å². The number of hydrogen-bond acceptors (Lipinski definition) is 3. The molecule has 4 nitrogen and oxygen atoms in total. The maximum atomic E-state index is 11.3. The van der Waals surface area contributed by atoms with Gasteiger partial charge >= 0.3 is 0 Å². The second-order valence-electron chi connectivity index (χ2n) is 4.02. The van der Waals surface area contributed by atoms with Crippen molar-refractivity contribution in [2.45, 2.75) is 12.8 Å². The summed E-state index contributed by atoms with van der Waals surface area (Å²) < 4.78 is 10.4. The van der Waals surface area contributed by atoms with Gasteiger partial charge in [0.2, 0.25) is 5.91 Å². The van der Waals surface area contributed by atoms with E-state index in [1.54, 1.807) is 20.3 Å². The highest BCUT2D eigenvalue weighted by molar-refractivity contribution is 5.77. The second kappa shape index (κ2) is 6.69. The van der Waals surface area contributed by atoms with Crippen LogP contribution in [0.4, 0.5) is 0 Å². The highest BCUT2D eigenvalue weighted by Gasteiger charge is 2.15. The Labute approximate surface area is 107 Å². The van der Waals surface area contributed by atoms with Gasteiger partial charge in [-0.2, -0.15) is 0 Å². The summed E-state index contributed by atoms with van der Waals surface area (Å²) in [5.41, 5.74) is 6.34. The van der Waals surface area contributed by atoms with Gasteiger partial charge in [0, 0.05) is 5.92 Å². The van der Waals surface area contributed by atoms with Crippen LogP contribution in [0.3, 0.4) is 0 Å². The normalized spacial score (nSPS) is 11.7. The monoisotopic (exact) mass is 249 g/mol. The highest BCUT2D eigenvalue weighted by atomic mass is 16.5. The van der Waals surface area contributed by atoms with Crippen LogP contribution in [-0.4, -0.2) is 20.1 Å². The molecule has 1 rings (SSSR count). The average molecular weight is 249 g/mol. The van der Waals surface area contributed by atoms with Crippen molar-refractivity contribution in [3.8, 4) is 11.5 Å². The Morgan fingerprint density at radius 3 is 2.56 bits per heavy atom. The molecule has 0 unspecified atom stereocenters. The van der Waals surface area contributed by atoms with Crippen molar-refractivity contribution in [3.63, 3.8) is 0 Å². The van der Waals surface area contributed by atoms with Gasteiger partial charge in [0.1, 0.15) is 0 Å². The summed E-state index contributed by atoms with van der Waals surface area (Å²) in [6, 6.07) is 5.58. The number of nitrogens with two attached hydrogens (primary N) is 1. The molecule has 0 fully saturated rings. The Bertz CT molecular complexity index is 429. The predicted octanol–water partition coefficient (Wildman–Crippen LogP) is 1.92. The lowest BCUT2D eigenvalue weighted by Crippen LogP contribution is -2.24. The van der Waals surface area contributed by atoms with Crippen LogP contribution in [0.25, 0.3) is 0 Å². The number of carbonyl (C=O) groups is 1. The largest absolute Gasteiger partial charge is 0.493 e. The van der Waals surface area contributed by atoms with E-state index in [1.165, 1.54) is 0 Å². The maximum absolute atomic E-state index is 11.3. The fraction of sp³-hybridized carbons (Fsp3) is 0.357. The van der Waals surface area contributed by atoms with Crippen molar-refractivity contribution in [2.24, 2.45) is 11.7 Å². The molecule has 1 aromatic carbocycles. The van der Waals surface area contributed by atoms with Crippen LogP contribution in [-0.2, 0) is 11.2 Å². The summed E-state index contributed by atoms with van der Waals surface area (Å²) in [7, 11) is 3.17. The first kappa shape index (κ1) is 14.1. The molecule has 4 heteroatoms. The van der Waals surface area contributed by atoms with Crippen LogP contribution in [0.2, 0.25) is 0 Å². The van der Waals surface area contributed by atoms with E-state index in [0.717, 1.165) is 5.56 Å². The molecular weight excluding hydrogens is 230 g/mol. The van der Waals surface area contributed by atoms with Crippen molar-refractivity contribution in [3.05, 3.63) is 36.4 Å². The number of hydrogen-bond donors (Lipinski definition) is 1. The molecule has 0 radical (unpaired) electrons. The topological polar surface area (TPSA) is 61.6 Å². The third-order valence-corrected chi connectivity index (χ3v) is 2.78. The number of allylic oxidation sites excluding steroid dienone is 1. The maximum Gasteiger partial charge on any atom is 0.221 e. The van der Waals surface area contributed by atoms with Crippen molar-refractivity contribution >= 4 is 5.91 Å². The lowest BCUT2D eigenvalue weighted by molar-refractivity contribution is -0.121. The zero-order chi connectivity index (χ0) is 13.5. The van der Waals surface area contributed by atoms with Crippen LogP contribution in [0.5, 0.6) is 11.5 Å². The number of benzene rings is 1. The summed E-state index contributed by atoms with van der Waals surface area (Å²) in [6.07, 6.45) is 2.85. The number of carbonyl (C=O) groups excluding carboxylic acids is 1. The summed E-state index contributed by atoms with van der Waals surface area (Å²) >= 11 is 0. The third kappa shape index (κ3) is 3.52. The van der Waals surface area contributed by atoms with Crippen molar-refractivity contribution in [1.29, 1.82) is 0 Å². The smallest absolute Gasteiger partial charge is 0.221 e. The molecule has 18 heavy (non-hydrogen) atoms. The molecule has 0 aliphatic rings. The molecule has 0 aliphatic heterocycles. The molecule has 98 valence electrons. The Kier molecular flexibility index (Phi) is 5.24. The van der Waals surface area contributed by atoms with E-state index in [4.69, 9.17) is 15.2 Å². The van der Waals surface area contributed by atoms with E-state index in [9.17, 15) is 4.79 Å². The summed E-state index contributed by atoms with van der Waals surface area (Å²) in [5, 5.41) is 0. The minimum Gasteiger partial charge on any atom is -0.493 e. The Balaban J connectivity index is 2.89. The number of ether oxygens (including phenoxy) is 2. The number of amides is 1. The van der Waals surface area contributed by atoms with E-state index in [-0.39, 0.29) is 11.8 Å². The fourth-order valence-corrected chi connectivity index (χ4v) is 1.79. The lowest BCUT2D eigenvalue weighted by Gasteiger charge is -2.13. The molecule has 0 spiro atoms. The zero-order valence-electron chi connectivity index (χ0n) is 10.8. The Morgan fingerprint density at radius 1 is 1.39 bits per heavy atom. The van der Waals surface area contributed by atoms with E-state index >= 15 is 0 Å². The molecule has 1 atom stereocenters. The molecule has 0 heterocycles. The molecule has 2 N–H and O–H groups in total. The lowest BCUT2D eigenvalue weighted by atomic mass is 9.95. The van der Waals surface area contributed by atoms with Gasteiger partial charge in [-0.3, -0.25) is 4.79 Å². The zero-order valence-corrected chi connectivity index (χ0v) is 10.8. The molecular formula is C14H19NO3. The highest BCUT2D eigenvalue weighted by Crippen LogP contribution is 2.28. The summed E-state index contributed by atoms with van der Waals surface area (Å²) in [6.45, 7) is 3.63. The first-order valence-corrected chi connectivity index (χ1v) is 5.73. The molecule has 1 amide bonds. The SMILES string of the molecule is C=CC[C@@H](Cc1ccc(OC)c(OC)c1)C(N)=O. The van der Waals surface area contributed by atoms with E-state index < -0.39 is 0 Å². The number of methoxy groups -OCH3 is 2. The minimum absolute atomic E-state index is 0.236. The van der Waals surface area contributed by atoms with Crippen molar-refractivity contribution in [2.75, 3.05) is 14.2 Å². The van der Waals surface area contributed by atoms with Gasteiger partial charge in [0.25, 0.3) is 0 Å². The minimum atomic E-state index is -0.315. The number of rotatable bonds is 7. The molecule has 0 aromatic heterocycles. The van der Waals surface area contributed by atoms with E-state index in [1.807, 2.05) is 18.2 Å². The first-order valence-electron chi connectivity index (χ1n) is 5.73. The quantitative estimate of drug-likeness (QED) is 0.751. The standard InChI is InChI=1S/C14H19NO3/c1-4-5-11(14(15)16)8-10-6-7-12(17-2)13(9-10)18-3/h4,6-7,9,11H,1,5,8H2,2-3H3,(H2,15,16)/t11-/m0/s1. The van der Waals surface area contributed by atoms with Crippen LogP contribution < -0.4 is 15.2 Å². The molecule has 0 aliphatic carbocycles. The van der Waals surface area contributed by atoms with Crippen LogP contribution in [0.15, 0.2) is 30.9 Å². The van der Waals surface area contributed by atoms with Gasteiger partial charge in [0.15, 0.2) is 11.5 Å². The summed E-state index contributed by atoms with van der Waals surface area (Å²) in [4.78, 5) is 11.3. The second-order valence-corrected chi connectivity index (χ2v) is 4.02. The van der Waals surface area contributed by atoms with Crippen molar-refractivity contribution in [1.82, 2.24) is 0 Å². The fourth-order valence-electron chi connectivity index (χ4n) is 1.79. The molecule has 0 bridgehead atoms. The van der Waals surface area contributed by atoms with E-state index in [2.05, 4.69) is 6.58 Å².